The molecule has 2 N–H and O–H groups in total. The average Bonchev–Trinajstić information content (AvgIpc) is 2.37. The van der Waals surface area contributed by atoms with Crippen LogP contribution in [0, 0.1) is 0 Å². The fourth-order valence-electron chi connectivity index (χ4n) is 1.58. The van der Waals surface area contributed by atoms with E-state index in [4.69, 9.17) is 10.5 Å². The highest BCUT2D eigenvalue weighted by molar-refractivity contribution is 6.03. The number of aliphatic imine (C=N–C) groups is 1. The number of nitrogens with two attached hydrogens (primary N) is 1. The highest BCUT2D eigenvalue weighted by atomic mass is 19.3. The summed E-state index contributed by atoms with van der Waals surface area (Å²) in [4.78, 5) is 3.53. The van der Waals surface area contributed by atoms with Crippen LogP contribution in [0.25, 0.3) is 5.57 Å². The van der Waals surface area contributed by atoms with Crippen molar-refractivity contribution < 1.29 is 13.5 Å². The van der Waals surface area contributed by atoms with E-state index in [9.17, 15) is 8.78 Å². The molecule has 0 unspecified atom stereocenters. The van der Waals surface area contributed by atoms with E-state index >= 15 is 0 Å². The number of hydrogen-bond donors (Lipinski definition) is 1. The van der Waals surface area contributed by atoms with Gasteiger partial charge < -0.3 is 10.5 Å². The third kappa shape index (κ3) is 4.21. The number of methoxy groups -OCH3 is 1. The Kier molecular flexibility index (Phi) is 5.23. The largest absolute Gasteiger partial charge is 0.496 e. The van der Waals surface area contributed by atoms with Crippen molar-refractivity contribution in [2.75, 3.05) is 7.11 Å². The molecular formula is C14H16F2N2O. The summed E-state index contributed by atoms with van der Waals surface area (Å²) in [5.41, 5.74) is 6.14. The molecule has 0 aliphatic carbocycles. The summed E-state index contributed by atoms with van der Waals surface area (Å²) in [5, 5.41) is 0. The van der Waals surface area contributed by atoms with Crippen LogP contribution in [0.15, 0.2) is 47.7 Å². The van der Waals surface area contributed by atoms with Gasteiger partial charge in [0.2, 0.25) is 0 Å². The highest BCUT2D eigenvalue weighted by Crippen LogP contribution is 2.25. The number of rotatable bonds is 5. The summed E-state index contributed by atoms with van der Waals surface area (Å²) in [7, 11) is 1.52. The van der Waals surface area contributed by atoms with E-state index in [1.54, 1.807) is 31.2 Å². The van der Waals surface area contributed by atoms with E-state index in [1.807, 2.05) is 0 Å². The maximum absolute atomic E-state index is 12.8. The Bertz CT molecular complexity index is 522. The van der Waals surface area contributed by atoms with Crippen molar-refractivity contribution >= 4 is 11.3 Å². The van der Waals surface area contributed by atoms with E-state index in [0.717, 1.165) is 5.56 Å². The molecule has 0 bridgehead atoms. The number of para-hydroxylation sites is 1. The quantitative estimate of drug-likeness (QED) is 0.832. The summed E-state index contributed by atoms with van der Waals surface area (Å²) in [6.07, 6.45) is -1.44. The Morgan fingerprint density at radius 2 is 2.05 bits per heavy atom. The Balaban J connectivity index is 3.19. The normalized spacial score (nSPS) is 12.7. The molecule has 0 amide bonds. The first-order valence-electron chi connectivity index (χ1n) is 5.58. The SMILES string of the molecule is C=C(N)/N=C(\C=C(/C)c1ccccc1OC)C(F)F. The van der Waals surface area contributed by atoms with Crippen LogP contribution in [0.5, 0.6) is 5.75 Å². The fraction of sp³-hybridized carbons (Fsp3) is 0.214. The molecule has 5 heteroatoms. The van der Waals surface area contributed by atoms with E-state index in [2.05, 4.69) is 11.6 Å². The van der Waals surface area contributed by atoms with Gasteiger partial charge in [-0.3, -0.25) is 0 Å². The third-order valence-corrected chi connectivity index (χ3v) is 2.39. The zero-order valence-electron chi connectivity index (χ0n) is 10.9. The number of halogens is 2. The minimum atomic E-state index is -2.72. The molecule has 1 aromatic carbocycles. The third-order valence-electron chi connectivity index (χ3n) is 2.39. The fourth-order valence-corrected chi connectivity index (χ4v) is 1.58. The van der Waals surface area contributed by atoms with Gasteiger partial charge >= 0.3 is 0 Å². The standard InChI is InChI=1S/C14H16F2N2O/c1-9(8-12(14(15)16)18-10(2)17)11-6-4-5-7-13(11)19-3/h4-8,14H,2,17H2,1,3H3/b9-8+,18-12+. The lowest BCUT2D eigenvalue weighted by atomic mass is 10.0. The first-order chi connectivity index (χ1) is 8.95. The summed E-state index contributed by atoms with van der Waals surface area (Å²) in [5.74, 6) is 0.454. The summed E-state index contributed by atoms with van der Waals surface area (Å²) in [6.45, 7) is 5.00. The smallest absolute Gasteiger partial charge is 0.280 e. The minimum Gasteiger partial charge on any atom is -0.496 e. The molecule has 0 fully saturated rings. The van der Waals surface area contributed by atoms with Gasteiger partial charge in [-0.15, -0.1) is 0 Å². The van der Waals surface area contributed by atoms with Crippen molar-refractivity contribution in [2.24, 2.45) is 10.7 Å². The Hall–Kier alpha value is -2.17. The van der Waals surface area contributed by atoms with Crippen LogP contribution in [0.4, 0.5) is 8.78 Å². The van der Waals surface area contributed by atoms with Gasteiger partial charge in [0.05, 0.1) is 7.11 Å². The number of alkyl halides is 2. The summed E-state index contributed by atoms with van der Waals surface area (Å²) >= 11 is 0. The number of hydrogen-bond acceptors (Lipinski definition) is 3. The number of benzene rings is 1. The maximum Gasteiger partial charge on any atom is 0.280 e. The maximum atomic E-state index is 12.8. The zero-order valence-corrected chi connectivity index (χ0v) is 10.9. The Morgan fingerprint density at radius 1 is 1.42 bits per heavy atom. The lowest BCUT2D eigenvalue weighted by Crippen LogP contribution is -2.10. The zero-order chi connectivity index (χ0) is 14.4. The Morgan fingerprint density at radius 3 is 2.58 bits per heavy atom. The van der Waals surface area contributed by atoms with Gasteiger partial charge in [0, 0.05) is 5.56 Å². The molecule has 1 rings (SSSR count). The average molecular weight is 266 g/mol. The van der Waals surface area contributed by atoms with E-state index in [0.29, 0.717) is 11.3 Å². The highest BCUT2D eigenvalue weighted by Gasteiger charge is 2.12. The monoisotopic (exact) mass is 266 g/mol. The van der Waals surface area contributed by atoms with Crippen LogP contribution in [0.1, 0.15) is 12.5 Å². The van der Waals surface area contributed by atoms with Crippen LogP contribution in [0.3, 0.4) is 0 Å². The van der Waals surface area contributed by atoms with Gasteiger partial charge in [-0.25, -0.2) is 13.8 Å². The summed E-state index contributed by atoms with van der Waals surface area (Å²) < 4.78 is 30.8. The molecule has 0 aliphatic heterocycles. The minimum absolute atomic E-state index is 0.153. The lowest BCUT2D eigenvalue weighted by Gasteiger charge is -2.09. The van der Waals surface area contributed by atoms with Crippen molar-refractivity contribution in [3.05, 3.63) is 48.3 Å². The topological polar surface area (TPSA) is 47.6 Å². The van der Waals surface area contributed by atoms with Crippen LogP contribution in [0.2, 0.25) is 0 Å². The van der Waals surface area contributed by atoms with Crippen LogP contribution in [-0.2, 0) is 0 Å². The second kappa shape index (κ2) is 6.68. The molecule has 0 aromatic heterocycles. The van der Waals surface area contributed by atoms with Crippen molar-refractivity contribution in [3.8, 4) is 5.75 Å². The number of allylic oxidation sites excluding steroid dienone is 2. The number of ether oxygens (including phenoxy) is 1. The molecule has 0 radical (unpaired) electrons. The van der Waals surface area contributed by atoms with E-state index in [1.165, 1.54) is 13.2 Å². The van der Waals surface area contributed by atoms with Gasteiger partial charge in [0.25, 0.3) is 6.43 Å². The molecule has 1 aromatic rings. The Labute approximate surface area is 111 Å². The predicted octanol–water partition coefficient (Wildman–Crippen LogP) is 3.23. The van der Waals surface area contributed by atoms with Crippen molar-refractivity contribution in [2.45, 2.75) is 13.3 Å². The van der Waals surface area contributed by atoms with Crippen LogP contribution in [-0.4, -0.2) is 19.2 Å². The second-order valence-corrected chi connectivity index (χ2v) is 3.86. The number of nitrogens with zero attached hydrogens (tertiary/aromatic N) is 1. The molecule has 3 nitrogen and oxygen atoms in total. The van der Waals surface area contributed by atoms with E-state index in [-0.39, 0.29) is 5.82 Å². The van der Waals surface area contributed by atoms with Crippen LogP contribution >= 0.6 is 0 Å². The first-order valence-corrected chi connectivity index (χ1v) is 5.58. The van der Waals surface area contributed by atoms with Gasteiger partial charge in [0.1, 0.15) is 17.3 Å². The molecular weight excluding hydrogens is 250 g/mol. The van der Waals surface area contributed by atoms with E-state index < -0.39 is 12.1 Å². The second-order valence-electron chi connectivity index (χ2n) is 3.86. The van der Waals surface area contributed by atoms with Gasteiger partial charge in [-0.1, -0.05) is 24.8 Å². The summed E-state index contributed by atoms with van der Waals surface area (Å²) in [6, 6.07) is 7.15. The van der Waals surface area contributed by atoms with Gasteiger partial charge in [0.15, 0.2) is 0 Å². The molecule has 19 heavy (non-hydrogen) atoms. The molecule has 0 spiro atoms. The van der Waals surface area contributed by atoms with Crippen molar-refractivity contribution in [3.63, 3.8) is 0 Å². The molecule has 0 heterocycles. The molecule has 0 saturated carbocycles. The molecule has 0 aliphatic rings. The molecule has 102 valence electrons. The van der Waals surface area contributed by atoms with Crippen molar-refractivity contribution in [1.82, 2.24) is 0 Å². The molecule has 0 atom stereocenters. The molecule has 0 saturated heterocycles. The van der Waals surface area contributed by atoms with Gasteiger partial charge in [-0.2, -0.15) is 0 Å². The lowest BCUT2D eigenvalue weighted by molar-refractivity contribution is 0.227. The van der Waals surface area contributed by atoms with Crippen LogP contribution < -0.4 is 10.5 Å². The van der Waals surface area contributed by atoms with Crippen molar-refractivity contribution in [1.29, 1.82) is 0 Å². The van der Waals surface area contributed by atoms with Gasteiger partial charge in [-0.05, 0) is 24.6 Å². The predicted molar refractivity (Wildman–Crippen MR) is 73.4 cm³/mol. The first kappa shape index (κ1) is 14.9.